The fourth-order valence-electron chi connectivity index (χ4n) is 3.06. The van der Waals surface area contributed by atoms with Gasteiger partial charge in [-0.3, -0.25) is 5.32 Å². The van der Waals surface area contributed by atoms with E-state index in [-0.39, 0.29) is 0 Å². The summed E-state index contributed by atoms with van der Waals surface area (Å²) < 4.78 is 7.32. The van der Waals surface area contributed by atoms with E-state index >= 15 is 0 Å². The Morgan fingerprint density at radius 1 is 1.13 bits per heavy atom. The van der Waals surface area contributed by atoms with Crippen LogP contribution in [-0.2, 0) is 11.3 Å². The minimum atomic E-state index is -0.443. The quantitative estimate of drug-likeness (QED) is 0.350. The Morgan fingerprint density at radius 2 is 2.00 bits per heavy atom. The van der Waals surface area contributed by atoms with Gasteiger partial charge in [-0.05, 0) is 36.2 Å². The summed E-state index contributed by atoms with van der Waals surface area (Å²) in [4.78, 5) is 25.6. The van der Waals surface area contributed by atoms with Crippen molar-refractivity contribution in [3.63, 3.8) is 0 Å². The molecule has 0 aliphatic rings. The van der Waals surface area contributed by atoms with Crippen LogP contribution >= 0.6 is 11.8 Å². The molecule has 1 amide bonds. The number of carbonyl (C=O) groups excluding carboxylic acids is 1. The standard InChI is InChI=1S/C22H21N5O2S/c1-16-17(13-27-15-25-21-19(27)12-23-14-24-21)6-5-9-20(16)30-11-10-29-22(28)26-18-7-3-2-4-8-18/h2-9,12,14-15H,10-11,13H2,1H3,(H,26,28). The highest BCUT2D eigenvalue weighted by molar-refractivity contribution is 7.99. The van der Waals surface area contributed by atoms with Crippen molar-refractivity contribution < 1.29 is 9.53 Å². The first kappa shape index (κ1) is 19.9. The maximum atomic E-state index is 11.9. The molecule has 0 saturated carbocycles. The second-order valence-electron chi connectivity index (χ2n) is 6.62. The molecule has 0 aliphatic heterocycles. The topological polar surface area (TPSA) is 81.9 Å². The number of ether oxygens (including phenoxy) is 1. The largest absolute Gasteiger partial charge is 0.448 e. The zero-order chi connectivity index (χ0) is 20.8. The number of benzene rings is 2. The third-order valence-electron chi connectivity index (χ3n) is 4.63. The second-order valence-corrected chi connectivity index (χ2v) is 7.76. The highest BCUT2D eigenvalue weighted by Crippen LogP contribution is 2.26. The summed E-state index contributed by atoms with van der Waals surface area (Å²) in [6.45, 7) is 3.13. The third-order valence-corrected chi connectivity index (χ3v) is 5.76. The molecule has 0 bridgehead atoms. The Balaban J connectivity index is 1.32. The van der Waals surface area contributed by atoms with Crippen molar-refractivity contribution in [1.82, 2.24) is 19.5 Å². The van der Waals surface area contributed by atoms with Gasteiger partial charge in [0, 0.05) is 22.9 Å². The normalized spacial score (nSPS) is 10.8. The van der Waals surface area contributed by atoms with E-state index in [9.17, 15) is 4.79 Å². The molecule has 0 radical (unpaired) electrons. The number of hydrogen-bond donors (Lipinski definition) is 1. The third kappa shape index (κ3) is 4.77. The number of hydrogen-bond acceptors (Lipinski definition) is 6. The molecule has 0 unspecified atom stereocenters. The number of amides is 1. The molecule has 8 heteroatoms. The number of carbonyl (C=O) groups is 1. The first-order valence-corrected chi connectivity index (χ1v) is 10.5. The highest BCUT2D eigenvalue weighted by Gasteiger charge is 2.09. The van der Waals surface area contributed by atoms with Crippen LogP contribution in [0.3, 0.4) is 0 Å². The zero-order valence-corrected chi connectivity index (χ0v) is 17.3. The molecule has 0 saturated heterocycles. The SMILES string of the molecule is Cc1c(Cn2cnc3ncncc32)cccc1SCCOC(=O)Nc1ccccc1. The van der Waals surface area contributed by atoms with Crippen LogP contribution in [0.5, 0.6) is 0 Å². The average Bonchev–Trinajstić information content (AvgIpc) is 3.17. The number of nitrogens with one attached hydrogen (secondary N) is 1. The molecule has 4 rings (SSSR count). The molecule has 152 valence electrons. The van der Waals surface area contributed by atoms with E-state index in [4.69, 9.17) is 4.74 Å². The van der Waals surface area contributed by atoms with Gasteiger partial charge in [0.1, 0.15) is 18.5 Å². The van der Waals surface area contributed by atoms with E-state index < -0.39 is 6.09 Å². The van der Waals surface area contributed by atoms with Gasteiger partial charge in [-0.1, -0.05) is 30.3 Å². The van der Waals surface area contributed by atoms with Crippen LogP contribution in [0.1, 0.15) is 11.1 Å². The molecule has 7 nitrogen and oxygen atoms in total. The lowest BCUT2D eigenvalue weighted by atomic mass is 10.1. The Bertz CT molecular complexity index is 1150. The van der Waals surface area contributed by atoms with Crippen molar-refractivity contribution in [3.8, 4) is 0 Å². The van der Waals surface area contributed by atoms with Crippen LogP contribution in [0, 0.1) is 6.92 Å². The van der Waals surface area contributed by atoms with Crippen molar-refractivity contribution >= 4 is 34.7 Å². The summed E-state index contributed by atoms with van der Waals surface area (Å²) in [5.41, 5.74) is 4.73. The predicted octanol–water partition coefficient (Wildman–Crippen LogP) is 4.52. The molecule has 4 aromatic rings. The zero-order valence-electron chi connectivity index (χ0n) is 16.5. The van der Waals surface area contributed by atoms with Gasteiger partial charge < -0.3 is 9.30 Å². The fraction of sp³-hybridized carbons (Fsp3) is 0.182. The van der Waals surface area contributed by atoms with E-state index in [2.05, 4.69) is 39.3 Å². The van der Waals surface area contributed by atoms with E-state index in [0.29, 0.717) is 24.6 Å². The van der Waals surface area contributed by atoms with Gasteiger partial charge in [-0.15, -0.1) is 11.8 Å². The van der Waals surface area contributed by atoms with Gasteiger partial charge in [0.15, 0.2) is 5.65 Å². The highest BCUT2D eigenvalue weighted by atomic mass is 32.2. The molecular weight excluding hydrogens is 398 g/mol. The number of thioether (sulfide) groups is 1. The molecule has 0 fully saturated rings. The van der Waals surface area contributed by atoms with Crippen LogP contribution in [0.25, 0.3) is 11.2 Å². The van der Waals surface area contributed by atoms with Gasteiger partial charge in [0.05, 0.1) is 12.5 Å². The minimum Gasteiger partial charge on any atom is -0.448 e. The van der Waals surface area contributed by atoms with Crippen LogP contribution < -0.4 is 5.32 Å². The number of rotatable bonds is 7. The molecule has 0 atom stereocenters. The Morgan fingerprint density at radius 3 is 2.87 bits per heavy atom. The smallest absolute Gasteiger partial charge is 0.411 e. The number of fused-ring (bicyclic) bond motifs is 1. The summed E-state index contributed by atoms with van der Waals surface area (Å²) in [6.07, 6.45) is 4.63. The molecule has 1 N–H and O–H groups in total. The van der Waals surface area contributed by atoms with Crippen molar-refractivity contribution in [2.75, 3.05) is 17.7 Å². The first-order valence-electron chi connectivity index (χ1n) is 9.51. The molecule has 30 heavy (non-hydrogen) atoms. The first-order chi connectivity index (χ1) is 14.7. The number of anilines is 1. The van der Waals surface area contributed by atoms with E-state index in [0.717, 1.165) is 11.2 Å². The average molecular weight is 420 g/mol. The number of aromatic nitrogens is 4. The summed E-state index contributed by atoms with van der Waals surface area (Å²) in [5.74, 6) is 0.675. The van der Waals surface area contributed by atoms with Crippen LogP contribution in [-0.4, -0.2) is 38.0 Å². The van der Waals surface area contributed by atoms with Crippen LogP contribution in [0.15, 0.2) is 72.3 Å². The van der Waals surface area contributed by atoms with Gasteiger partial charge in [-0.2, -0.15) is 0 Å². The maximum absolute atomic E-state index is 11.9. The van der Waals surface area contributed by atoms with Crippen molar-refractivity contribution in [3.05, 3.63) is 78.5 Å². The molecule has 2 aromatic heterocycles. The Labute approximate surface area is 178 Å². The Hall–Kier alpha value is -3.39. The molecule has 2 aromatic carbocycles. The van der Waals surface area contributed by atoms with Gasteiger partial charge in [-0.25, -0.2) is 19.7 Å². The lowest BCUT2D eigenvalue weighted by molar-refractivity contribution is 0.169. The summed E-state index contributed by atoms with van der Waals surface area (Å²) in [6, 6.07) is 15.5. The maximum Gasteiger partial charge on any atom is 0.411 e. The van der Waals surface area contributed by atoms with Gasteiger partial charge >= 0.3 is 6.09 Å². The fourth-order valence-corrected chi connectivity index (χ4v) is 3.97. The summed E-state index contributed by atoms with van der Waals surface area (Å²) in [5, 5.41) is 2.71. The Kier molecular flexibility index (Phi) is 6.24. The summed E-state index contributed by atoms with van der Waals surface area (Å²) in [7, 11) is 0. The molecular formula is C22H21N5O2S. The van der Waals surface area contributed by atoms with Crippen molar-refractivity contribution in [2.24, 2.45) is 0 Å². The second kappa shape index (κ2) is 9.41. The lowest BCUT2D eigenvalue weighted by Gasteiger charge is -2.12. The van der Waals surface area contributed by atoms with Crippen molar-refractivity contribution in [2.45, 2.75) is 18.4 Å². The van der Waals surface area contributed by atoms with E-state index in [1.807, 2.05) is 41.0 Å². The van der Waals surface area contributed by atoms with Gasteiger partial charge in [0.25, 0.3) is 0 Å². The molecule has 0 spiro atoms. The van der Waals surface area contributed by atoms with E-state index in [1.54, 1.807) is 24.3 Å². The number of nitrogens with zero attached hydrogens (tertiary/aromatic N) is 4. The monoisotopic (exact) mass is 419 g/mol. The van der Waals surface area contributed by atoms with Gasteiger partial charge in [0.2, 0.25) is 0 Å². The summed E-state index contributed by atoms with van der Waals surface area (Å²) >= 11 is 1.67. The van der Waals surface area contributed by atoms with Crippen LogP contribution in [0.4, 0.5) is 10.5 Å². The lowest BCUT2D eigenvalue weighted by Crippen LogP contribution is -2.15. The van der Waals surface area contributed by atoms with E-state index in [1.165, 1.54) is 22.3 Å². The minimum absolute atomic E-state index is 0.330. The molecule has 2 heterocycles. The number of para-hydroxylation sites is 1. The van der Waals surface area contributed by atoms with Crippen LogP contribution in [0.2, 0.25) is 0 Å². The molecule has 0 aliphatic carbocycles. The van der Waals surface area contributed by atoms with Crippen molar-refractivity contribution in [1.29, 1.82) is 0 Å². The predicted molar refractivity (Wildman–Crippen MR) is 118 cm³/mol. The number of imidazole rings is 1.